The molecule has 2 N–H and O–H groups in total. The molecule has 2 aromatic rings. The molecule has 0 unspecified atom stereocenters. The highest BCUT2D eigenvalue weighted by Crippen LogP contribution is 2.34. The van der Waals surface area contributed by atoms with E-state index in [2.05, 4.69) is 9.97 Å². The number of aryl methyl sites for hydroxylation is 1. The van der Waals surface area contributed by atoms with E-state index in [4.69, 9.17) is 10.5 Å². The van der Waals surface area contributed by atoms with Crippen LogP contribution < -0.4 is 10.5 Å². The lowest BCUT2D eigenvalue weighted by molar-refractivity contribution is -0.386. The smallest absolute Gasteiger partial charge is 0.349 e. The molecule has 1 heterocycles. The number of benzene rings is 1. The summed E-state index contributed by atoms with van der Waals surface area (Å²) in [6, 6.07) is 5.72. The van der Waals surface area contributed by atoms with Crippen molar-refractivity contribution in [2.45, 2.75) is 26.7 Å². The molecule has 1 aromatic carbocycles. The summed E-state index contributed by atoms with van der Waals surface area (Å²) in [6.07, 6.45) is 1.04. The molecule has 0 aliphatic heterocycles. The SMILES string of the molecule is Cc1ccc(C(C)C)c(Oc2nc(N)ncc2[N+](=O)[O-])c1. The van der Waals surface area contributed by atoms with Gasteiger partial charge >= 0.3 is 11.6 Å². The van der Waals surface area contributed by atoms with Crippen LogP contribution in [0, 0.1) is 17.0 Å². The molecule has 0 saturated carbocycles. The number of nitrogen functional groups attached to an aromatic ring is 1. The quantitative estimate of drug-likeness (QED) is 0.684. The van der Waals surface area contributed by atoms with Gasteiger partial charge in [0.2, 0.25) is 5.95 Å². The number of aromatic nitrogens is 2. The molecule has 0 radical (unpaired) electrons. The van der Waals surface area contributed by atoms with E-state index in [-0.39, 0.29) is 23.4 Å². The maximum absolute atomic E-state index is 11.0. The zero-order valence-corrected chi connectivity index (χ0v) is 12.0. The summed E-state index contributed by atoms with van der Waals surface area (Å²) in [6.45, 7) is 5.94. The van der Waals surface area contributed by atoms with Crippen molar-refractivity contribution in [3.05, 3.63) is 45.6 Å². The van der Waals surface area contributed by atoms with Gasteiger partial charge in [-0.15, -0.1) is 0 Å². The van der Waals surface area contributed by atoms with Crippen molar-refractivity contribution in [2.24, 2.45) is 0 Å². The number of hydrogen-bond donors (Lipinski definition) is 1. The van der Waals surface area contributed by atoms with Gasteiger partial charge in [0.15, 0.2) is 0 Å². The van der Waals surface area contributed by atoms with Gasteiger partial charge in [-0.3, -0.25) is 10.1 Å². The third-order valence-corrected chi connectivity index (χ3v) is 2.95. The van der Waals surface area contributed by atoms with Gasteiger partial charge in [0.25, 0.3) is 0 Å². The van der Waals surface area contributed by atoms with Crippen molar-refractivity contribution >= 4 is 11.6 Å². The number of nitrogens with two attached hydrogens (primary N) is 1. The first-order valence-electron chi connectivity index (χ1n) is 6.43. The molecule has 110 valence electrons. The average Bonchev–Trinajstić information content (AvgIpc) is 2.38. The van der Waals surface area contributed by atoms with Crippen LogP contribution in [0.15, 0.2) is 24.4 Å². The molecule has 0 amide bonds. The van der Waals surface area contributed by atoms with Crippen LogP contribution in [0.3, 0.4) is 0 Å². The van der Waals surface area contributed by atoms with Gasteiger partial charge < -0.3 is 10.5 Å². The van der Waals surface area contributed by atoms with Crippen LogP contribution in [0.4, 0.5) is 11.6 Å². The van der Waals surface area contributed by atoms with Crippen LogP contribution in [-0.4, -0.2) is 14.9 Å². The molecule has 7 heteroatoms. The molecule has 2 rings (SSSR count). The van der Waals surface area contributed by atoms with Crippen molar-refractivity contribution < 1.29 is 9.66 Å². The Morgan fingerprint density at radius 3 is 2.71 bits per heavy atom. The maximum Gasteiger partial charge on any atom is 0.349 e. The fraction of sp³-hybridized carbons (Fsp3) is 0.286. The lowest BCUT2D eigenvalue weighted by atomic mass is 10.0. The standard InChI is InChI=1S/C14H16N4O3/c1-8(2)10-5-4-9(3)6-12(10)21-13-11(18(19)20)7-16-14(15)17-13/h4-8H,1-3H3,(H2,15,16,17). The van der Waals surface area contributed by atoms with Gasteiger partial charge in [-0.05, 0) is 30.0 Å². The Balaban J connectivity index is 2.49. The van der Waals surface area contributed by atoms with E-state index < -0.39 is 4.92 Å². The van der Waals surface area contributed by atoms with E-state index >= 15 is 0 Å². The van der Waals surface area contributed by atoms with Crippen LogP contribution in [-0.2, 0) is 0 Å². The first kappa shape index (κ1) is 14.7. The second kappa shape index (κ2) is 5.74. The summed E-state index contributed by atoms with van der Waals surface area (Å²) >= 11 is 0. The number of hydrogen-bond acceptors (Lipinski definition) is 6. The highest BCUT2D eigenvalue weighted by Gasteiger charge is 2.20. The van der Waals surface area contributed by atoms with Gasteiger partial charge in [-0.2, -0.15) is 4.98 Å². The molecular formula is C14H16N4O3. The summed E-state index contributed by atoms with van der Waals surface area (Å²) in [7, 11) is 0. The number of anilines is 1. The van der Waals surface area contributed by atoms with E-state index in [1.54, 1.807) is 0 Å². The lowest BCUT2D eigenvalue weighted by Crippen LogP contribution is -2.03. The van der Waals surface area contributed by atoms with Crippen molar-refractivity contribution in [2.75, 3.05) is 5.73 Å². The highest BCUT2D eigenvalue weighted by atomic mass is 16.6. The molecule has 0 fully saturated rings. The van der Waals surface area contributed by atoms with E-state index in [0.717, 1.165) is 17.3 Å². The Morgan fingerprint density at radius 2 is 2.10 bits per heavy atom. The van der Waals surface area contributed by atoms with E-state index in [1.807, 2.05) is 39.0 Å². The average molecular weight is 288 g/mol. The van der Waals surface area contributed by atoms with Crippen molar-refractivity contribution in [3.63, 3.8) is 0 Å². The Hall–Kier alpha value is -2.70. The van der Waals surface area contributed by atoms with Crippen molar-refractivity contribution in [3.8, 4) is 11.6 Å². The maximum atomic E-state index is 11.0. The fourth-order valence-corrected chi connectivity index (χ4v) is 1.88. The molecule has 7 nitrogen and oxygen atoms in total. The Kier molecular flexibility index (Phi) is 4.02. The summed E-state index contributed by atoms with van der Waals surface area (Å²) in [5.74, 6) is 0.513. The first-order valence-corrected chi connectivity index (χ1v) is 6.43. The number of ether oxygens (including phenoxy) is 1. The van der Waals surface area contributed by atoms with Crippen LogP contribution in [0.25, 0.3) is 0 Å². The second-order valence-corrected chi connectivity index (χ2v) is 4.97. The minimum absolute atomic E-state index is 0.0747. The molecule has 0 bridgehead atoms. The minimum atomic E-state index is -0.598. The van der Waals surface area contributed by atoms with E-state index in [0.29, 0.717) is 5.75 Å². The molecule has 0 aliphatic rings. The first-order chi connectivity index (χ1) is 9.88. The van der Waals surface area contributed by atoms with Crippen molar-refractivity contribution in [1.82, 2.24) is 9.97 Å². The third-order valence-electron chi connectivity index (χ3n) is 2.95. The molecule has 0 saturated heterocycles. The molecule has 0 spiro atoms. The number of nitrogens with zero attached hydrogens (tertiary/aromatic N) is 3. The van der Waals surface area contributed by atoms with Gasteiger partial charge in [0.05, 0.1) is 4.92 Å². The monoisotopic (exact) mass is 288 g/mol. The van der Waals surface area contributed by atoms with Gasteiger partial charge in [-0.25, -0.2) is 4.98 Å². The van der Waals surface area contributed by atoms with E-state index in [1.165, 1.54) is 0 Å². The largest absolute Gasteiger partial charge is 0.433 e. The molecular weight excluding hydrogens is 272 g/mol. The van der Waals surface area contributed by atoms with Crippen molar-refractivity contribution in [1.29, 1.82) is 0 Å². The van der Waals surface area contributed by atoms with Gasteiger partial charge in [0.1, 0.15) is 11.9 Å². The van der Waals surface area contributed by atoms with Crippen LogP contribution in [0.2, 0.25) is 0 Å². The molecule has 1 aromatic heterocycles. The number of rotatable bonds is 4. The zero-order chi connectivity index (χ0) is 15.6. The topological polar surface area (TPSA) is 104 Å². The molecule has 0 aliphatic carbocycles. The van der Waals surface area contributed by atoms with Crippen LogP contribution in [0.1, 0.15) is 30.9 Å². The normalized spacial score (nSPS) is 10.7. The predicted molar refractivity (Wildman–Crippen MR) is 78.4 cm³/mol. The Bertz CT molecular complexity index is 686. The summed E-state index contributed by atoms with van der Waals surface area (Å²) < 4.78 is 5.65. The highest BCUT2D eigenvalue weighted by molar-refractivity contribution is 5.47. The molecule has 21 heavy (non-hydrogen) atoms. The zero-order valence-electron chi connectivity index (χ0n) is 12.0. The Morgan fingerprint density at radius 1 is 1.38 bits per heavy atom. The third kappa shape index (κ3) is 3.25. The number of nitro groups is 1. The van der Waals surface area contributed by atoms with E-state index in [9.17, 15) is 10.1 Å². The van der Waals surface area contributed by atoms with Gasteiger partial charge in [-0.1, -0.05) is 26.0 Å². The summed E-state index contributed by atoms with van der Waals surface area (Å²) in [5, 5.41) is 11.0. The minimum Gasteiger partial charge on any atom is -0.433 e. The van der Waals surface area contributed by atoms with Gasteiger partial charge in [0, 0.05) is 0 Å². The van der Waals surface area contributed by atoms with Crippen LogP contribution >= 0.6 is 0 Å². The van der Waals surface area contributed by atoms with Crippen LogP contribution in [0.5, 0.6) is 11.6 Å². The predicted octanol–water partition coefficient (Wildman–Crippen LogP) is 3.19. The molecule has 0 atom stereocenters. The lowest BCUT2D eigenvalue weighted by Gasteiger charge is -2.14. The summed E-state index contributed by atoms with van der Waals surface area (Å²) in [4.78, 5) is 17.9. The Labute approximate surface area is 121 Å². The fourth-order valence-electron chi connectivity index (χ4n) is 1.88. The summed E-state index contributed by atoms with van der Waals surface area (Å²) in [5.41, 5.74) is 7.09. The second-order valence-electron chi connectivity index (χ2n) is 4.97.